The molecule has 0 aliphatic rings. The number of isocyanates is 1. The number of nitrogens with zero attached hydrogens (tertiary/aromatic N) is 1. The number of carbonyl (C=O) groups excluding carboxylic acids is 2. The molecule has 0 saturated heterocycles. The van der Waals surface area contributed by atoms with E-state index >= 15 is 0 Å². The Balaban J connectivity index is 3.31. The van der Waals surface area contributed by atoms with Crippen molar-refractivity contribution in [2.75, 3.05) is 7.11 Å². The molecular weight excluding hydrogens is 226 g/mol. The minimum Gasteiger partial charge on any atom is -0.465 e. The van der Waals surface area contributed by atoms with Gasteiger partial charge in [0.2, 0.25) is 6.08 Å². The summed E-state index contributed by atoms with van der Waals surface area (Å²) in [6.45, 7) is 6.07. The zero-order valence-electron chi connectivity index (χ0n) is 9.66. The van der Waals surface area contributed by atoms with Gasteiger partial charge in [-0.05, 0) is 11.5 Å². The van der Waals surface area contributed by atoms with Gasteiger partial charge in [-0.3, -0.25) is 0 Å². The van der Waals surface area contributed by atoms with Crippen LogP contribution in [0.5, 0.6) is 0 Å². The molecule has 0 aromatic carbocycles. The lowest BCUT2D eigenvalue weighted by Gasteiger charge is -2.14. The summed E-state index contributed by atoms with van der Waals surface area (Å²) in [7, 11) is 1.30. The summed E-state index contributed by atoms with van der Waals surface area (Å²) < 4.78 is 4.63. The normalized spacial score (nSPS) is 10.8. The minimum atomic E-state index is -0.485. The Morgan fingerprint density at radius 2 is 2.12 bits per heavy atom. The summed E-state index contributed by atoms with van der Waals surface area (Å²) in [6.07, 6.45) is 1.45. The summed E-state index contributed by atoms with van der Waals surface area (Å²) >= 11 is 1.30. The average molecular weight is 239 g/mol. The van der Waals surface area contributed by atoms with Crippen LogP contribution in [0.4, 0.5) is 5.00 Å². The van der Waals surface area contributed by atoms with E-state index < -0.39 is 5.97 Å². The molecule has 0 N–H and O–H groups in total. The van der Waals surface area contributed by atoms with Crippen molar-refractivity contribution in [3.63, 3.8) is 0 Å². The Kier molecular flexibility index (Phi) is 3.62. The Morgan fingerprint density at radius 1 is 1.50 bits per heavy atom. The number of methoxy groups -OCH3 is 1. The van der Waals surface area contributed by atoms with Crippen LogP contribution >= 0.6 is 11.3 Å². The van der Waals surface area contributed by atoms with Crippen LogP contribution in [-0.4, -0.2) is 19.2 Å². The molecule has 0 fully saturated rings. The van der Waals surface area contributed by atoms with Gasteiger partial charge in [0, 0.05) is 4.88 Å². The average Bonchev–Trinajstić information content (AvgIpc) is 2.61. The lowest BCUT2D eigenvalue weighted by molar-refractivity contribution is 0.0602. The van der Waals surface area contributed by atoms with Crippen LogP contribution < -0.4 is 0 Å². The second-order valence-corrected chi connectivity index (χ2v) is 5.30. The number of ether oxygens (including phenoxy) is 1. The van der Waals surface area contributed by atoms with Crippen LogP contribution in [0.15, 0.2) is 11.1 Å². The van der Waals surface area contributed by atoms with Gasteiger partial charge in [-0.15, -0.1) is 11.3 Å². The van der Waals surface area contributed by atoms with E-state index in [0.29, 0.717) is 10.6 Å². The van der Waals surface area contributed by atoms with E-state index in [0.717, 1.165) is 4.88 Å². The highest BCUT2D eigenvalue weighted by Gasteiger charge is 2.23. The molecule has 4 nitrogen and oxygen atoms in total. The van der Waals surface area contributed by atoms with Crippen LogP contribution in [-0.2, 0) is 14.9 Å². The van der Waals surface area contributed by atoms with Gasteiger partial charge >= 0.3 is 5.97 Å². The smallest absolute Gasteiger partial charge is 0.340 e. The van der Waals surface area contributed by atoms with Crippen molar-refractivity contribution in [1.29, 1.82) is 0 Å². The SMILES string of the molecule is COC(=O)c1cc(C(C)(C)C)sc1N=C=O. The molecular formula is C11H13NO3S. The molecule has 0 aliphatic carbocycles. The Labute approximate surface area is 98.0 Å². The highest BCUT2D eigenvalue weighted by atomic mass is 32.1. The first kappa shape index (κ1) is 12.6. The largest absolute Gasteiger partial charge is 0.465 e. The molecule has 5 heteroatoms. The zero-order chi connectivity index (χ0) is 12.3. The number of esters is 1. The van der Waals surface area contributed by atoms with Crippen LogP contribution in [0.25, 0.3) is 0 Å². The van der Waals surface area contributed by atoms with Crippen molar-refractivity contribution in [2.24, 2.45) is 4.99 Å². The van der Waals surface area contributed by atoms with Gasteiger partial charge in [-0.2, -0.15) is 4.99 Å². The predicted octanol–water partition coefficient (Wildman–Crippen LogP) is 2.80. The molecule has 1 heterocycles. The third kappa shape index (κ3) is 2.56. The van der Waals surface area contributed by atoms with Crippen molar-refractivity contribution in [2.45, 2.75) is 26.2 Å². The maximum absolute atomic E-state index is 11.4. The van der Waals surface area contributed by atoms with Crippen LogP contribution in [0, 0.1) is 0 Å². The van der Waals surface area contributed by atoms with Crippen molar-refractivity contribution in [1.82, 2.24) is 0 Å². The van der Waals surface area contributed by atoms with Gasteiger partial charge < -0.3 is 4.74 Å². The molecule has 1 rings (SSSR count). The van der Waals surface area contributed by atoms with Crippen molar-refractivity contribution in [3.05, 3.63) is 16.5 Å². The second-order valence-electron chi connectivity index (χ2n) is 4.27. The monoisotopic (exact) mass is 239 g/mol. The third-order valence-corrected chi connectivity index (χ3v) is 3.46. The maximum atomic E-state index is 11.4. The first-order chi connectivity index (χ1) is 7.40. The van der Waals surface area contributed by atoms with Crippen LogP contribution in [0.3, 0.4) is 0 Å². The van der Waals surface area contributed by atoms with Gasteiger partial charge in [0.1, 0.15) is 5.00 Å². The van der Waals surface area contributed by atoms with E-state index in [4.69, 9.17) is 0 Å². The highest BCUT2D eigenvalue weighted by molar-refractivity contribution is 7.16. The molecule has 0 aliphatic heterocycles. The lowest BCUT2D eigenvalue weighted by atomic mass is 9.94. The fourth-order valence-corrected chi connectivity index (χ4v) is 2.16. The van der Waals surface area contributed by atoms with E-state index in [1.54, 1.807) is 6.07 Å². The first-order valence-electron chi connectivity index (χ1n) is 4.70. The molecule has 0 unspecified atom stereocenters. The van der Waals surface area contributed by atoms with Crippen molar-refractivity contribution < 1.29 is 14.3 Å². The van der Waals surface area contributed by atoms with E-state index in [1.807, 2.05) is 20.8 Å². The molecule has 0 atom stereocenters. The summed E-state index contributed by atoms with van der Waals surface area (Å²) in [6, 6.07) is 1.71. The van der Waals surface area contributed by atoms with Gasteiger partial charge in [0.05, 0.1) is 12.7 Å². The van der Waals surface area contributed by atoms with Gasteiger partial charge in [0.25, 0.3) is 0 Å². The van der Waals surface area contributed by atoms with E-state index in [-0.39, 0.29) is 5.41 Å². The minimum absolute atomic E-state index is 0.0932. The molecule has 16 heavy (non-hydrogen) atoms. The van der Waals surface area contributed by atoms with Gasteiger partial charge in [0.15, 0.2) is 0 Å². The summed E-state index contributed by atoms with van der Waals surface area (Å²) in [5.74, 6) is -0.485. The molecule has 0 spiro atoms. The number of carbonyl (C=O) groups is 1. The Hall–Kier alpha value is -1.45. The van der Waals surface area contributed by atoms with E-state index in [2.05, 4.69) is 9.73 Å². The molecule has 0 radical (unpaired) electrons. The second kappa shape index (κ2) is 4.60. The van der Waals surface area contributed by atoms with Crippen LogP contribution in [0.2, 0.25) is 0 Å². The molecule has 0 saturated carbocycles. The number of aliphatic imine (C=N–C) groups is 1. The summed E-state index contributed by atoms with van der Waals surface area (Å²) in [4.78, 5) is 26.2. The lowest BCUT2D eigenvalue weighted by Crippen LogP contribution is -2.08. The van der Waals surface area contributed by atoms with Gasteiger partial charge in [-0.1, -0.05) is 20.8 Å². The molecule has 1 aromatic heterocycles. The zero-order valence-corrected chi connectivity index (χ0v) is 10.5. The topological polar surface area (TPSA) is 55.7 Å². The maximum Gasteiger partial charge on any atom is 0.340 e. The Bertz CT molecular complexity index is 450. The standard InChI is InChI=1S/C11H13NO3S/c1-11(2,3)8-5-7(10(14)15-4)9(16-8)12-6-13/h5H,1-4H3. The van der Waals surface area contributed by atoms with E-state index in [9.17, 15) is 9.59 Å². The predicted molar refractivity (Wildman–Crippen MR) is 62.1 cm³/mol. The summed E-state index contributed by atoms with van der Waals surface area (Å²) in [5, 5.41) is 0.353. The van der Waals surface area contributed by atoms with E-state index in [1.165, 1.54) is 24.5 Å². The fourth-order valence-electron chi connectivity index (χ4n) is 1.13. The quantitative estimate of drug-likeness (QED) is 0.453. The number of rotatable bonds is 2. The van der Waals surface area contributed by atoms with Crippen molar-refractivity contribution in [3.8, 4) is 0 Å². The first-order valence-corrected chi connectivity index (χ1v) is 5.52. The molecule has 0 amide bonds. The number of hydrogen-bond donors (Lipinski definition) is 0. The third-order valence-electron chi connectivity index (χ3n) is 2.00. The fraction of sp³-hybridized carbons (Fsp3) is 0.455. The van der Waals surface area contributed by atoms with Gasteiger partial charge in [-0.25, -0.2) is 9.59 Å². The highest BCUT2D eigenvalue weighted by Crippen LogP contribution is 2.37. The van der Waals surface area contributed by atoms with Crippen molar-refractivity contribution >= 4 is 28.4 Å². The Morgan fingerprint density at radius 3 is 2.56 bits per heavy atom. The number of hydrogen-bond acceptors (Lipinski definition) is 5. The molecule has 1 aromatic rings. The molecule has 0 bridgehead atoms. The summed E-state index contributed by atoms with van der Waals surface area (Å²) in [5.41, 5.74) is 0.227. The number of thiophene rings is 1. The van der Waals surface area contributed by atoms with Crippen LogP contribution in [0.1, 0.15) is 36.0 Å². The molecule has 86 valence electrons.